The summed E-state index contributed by atoms with van der Waals surface area (Å²) in [5, 5.41) is 7.72. The summed E-state index contributed by atoms with van der Waals surface area (Å²) in [5.41, 5.74) is 1.16. The zero-order chi connectivity index (χ0) is 32.7. The van der Waals surface area contributed by atoms with Gasteiger partial charge in [0, 0.05) is 78.1 Å². The Labute approximate surface area is 261 Å². The molecule has 1 saturated heterocycles. The third-order valence-electron chi connectivity index (χ3n) is 6.40. The van der Waals surface area contributed by atoms with Crippen LogP contribution in [0.1, 0.15) is 53.9 Å². The molecule has 244 valence electrons. The average molecular weight is 634 g/mol. The van der Waals surface area contributed by atoms with Crippen LogP contribution in [-0.2, 0) is 24.3 Å². The van der Waals surface area contributed by atoms with Crippen LogP contribution in [0, 0.1) is 0 Å². The number of amides is 1. The lowest BCUT2D eigenvalue weighted by Gasteiger charge is -2.43. The van der Waals surface area contributed by atoms with Crippen LogP contribution in [0.2, 0.25) is 0 Å². The average Bonchev–Trinajstić information content (AvgIpc) is 3.19. The van der Waals surface area contributed by atoms with E-state index < -0.39 is 10.0 Å². The van der Waals surface area contributed by atoms with Gasteiger partial charge in [0.15, 0.2) is 0 Å². The Balaban J connectivity index is 0. The van der Waals surface area contributed by atoms with Crippen molar-refractivity contribution in [1.82, 2.24) is 14.1 Å². The molecular formula is C31H56ClN3O6S. The third-order valence-corrected chi connectivity index (χ3v) is 8.42. The number of carbonyl (C=O) groups excluding carboxylic acids is 1. The van der Waals surface area contributed by atoms with Gasteiger partial charge < -0.3 is 19.5 Å². The lowest BCUT2D eigenvalue weighted by Crippen LogP contribution is -2.57. The van der Waals surface area contributed by atoms with Crippen molar-refractivity contribution in [1.29, 1.82) is 0 Å². The number of aliphatic hydroxyl groups is 1. The minimum atomic E-state index is -3.50. The molecule has 0 bridgehead atoms. The van der Waals surface area contributed by atoms with Gasteiger partial charge >= 0.3 is 0 Å². The molecule has 0 spiro atoms. The molecule has 11 heteroatoms. The summed E-state index contributed by atoms with van der Waals surface area (Å²) in [7, 11) is 3.84. The van der Waals surface area contributed by atoms with Crippen LogP contribution in [0.25, 0.3) is 0 Å². The molecule has 0 aromatic carbocycles. The Hall–Kier alpha value is -1.95. The van der Waals surface area contributed by atoms with Crippen LogP contribution in [-0.4, -0.2) is 113 Å². The quantitative estimate of drug-likeness (QED) is 0.254. The number of halogens is 1. The minimum absolute atomic E-state index is 0.0102. The normalized spacial score (nSPS) is 17.7. The van der Waals surface area contributed by atoms with Crippen molar-refractivity contribution >= 4 is 27.5 Å². The fraction of sp³-hybridized carbons (Fsp3) is 0.645. The first-order chi connectivity index (χ1) is 19.9. The molecule has 1 heterocycles. The number of rotatable bonds is 11. The van der Waals surface area contributed by atoms with Gasteiger partial charge in [-0.05, 0) is 51.3 Å². The number of allylic oxidation sites excluding steroid dienone is 8. The number of methoxy groups -OCH3 is 2. The van der Waals surface area contributed by atoms with Crippen molar-refractivity contribution < 1.29 is 27.8 Å². The SMILES string of the molecule is CC.CO.CO/C(C)=C/C=C\CS(=O)(=O)N(C)CCC(=O)N1CCN(C(C)C)CC1CC1=CCC=C(Cl)C=C1.COC. The van der Waals surface area contributed by atoms with E-state index in [4.69, 9.17) is 21.4 Å². The van der Waals surface area contributed by atoms with Crippen LogP contribution in [0.15, 0.2) is 58.9 Å². The number of carbonyl (C=O) groups is 1. The first kappa shape index (κ1) is 42.2. The largest absolute Gasteiger partial charge is 0.501 e. The molecule has 1 atom stereocenters. The second-order valence-corrected chi connectivity index (χ2v) is 12.2. The standard InChI is InChI=1S/C26H40ClN3O4S.C2H6O.C2H6.CH4O/c1-21(2)29-16-17-30(25(20-29)19-23-10-8-11-24(27)13-12-23)26(31)14-15-28(4)35(32,33)18-7-6-9-22(3)34-5;1-3-2;2*1-2/h6-7,9-13,21,25H,8,14-20H2,1-5H3;1-2H3;1-2H3;2H,1H3/b7-6-,22-9+;;;. The highest BCUT2D eigenvalue weighted by atomic mass is 35.5. The van der Waals surface area contributed by atoms with Gasteiger partial charge in [-0.1, -0.05) is 55.8 Å². The molecule has 1 aliphatic heterocycles. The lowest BCUT2D eigenvalue weighted by molar-refractivity contribution is -0.136. The summed E-state index contributed by atoms with van der Waals surface area (Å²) in [5.74, 6) is 0.556. The van der Waals surface area contributed by atoms with E-state index in [1.165, 1.54) is 11.4 Å². The fourth-order valence-corrected chi connectivity index (χ4v) is 5.16. The van der Waals surface area contributed by atoms with Gasteiger partial charge in [-0.25, -0.2) is 12.7 Å². The van der Waals surface area contributed by atoms with Crippen molar-refractivity contribution in [2.24, 2.45) is 0 Å². The number of hydrogen-bond acceptors (Lipinski definition) is 7. The van der Waals surface area contributed by atoms with Gasteiger partial charge in [0.2, 0.25) is 15.9 Å². The van der Waals surface area contributed by atoms with Gasteiger partial charge in [0.1, 0.15) is 0 Å². The van der Waals surface area contributed by atoms with Gasteiger partial charge in [-0.2, -0.15) is 0 Å². The van der Waals surface area contributed by atoms with Gasteiger partial charge in [0.25, 0.3) is 0 Å². The summed E-state index contributed by atoms with van der Waals surface area (Å²) in [6, 6.07) is 0.434. The highest BCUT2D eigenvalue weighted by Crippen LogP contribution is 2.23. The van der Waals surface area contributed by atoms with E-state index in [1.54, 1.807) is 46.5 Å². The summed E-state index contributed by atoms with van der Waals surface area (Å²) in [4.78, 5) is 17.6. The lowest BCUT2D eigenvalue weighted by atomic mass is 10.00. The monoisotopic (exact) mass is 633 g/mol. The molecule has 9 nitrogen and oxygen atoms in total. The van der Waals surface area contributed by atoms with Crippen molar-refractivity contribution in [2.45, 2.75) is 66.0 Å². The van der Waals surface area contributed by atoms with E-state index in [0.717, 1.165) is 43.6 Å². The smallest absolute Gasteiger partial charge is 0.224 e. The van der Waals surface area contributed by atoms with Crippen molar-refractivity contribution in [3.05, 3.63) is 58.9 Å². The van der Waals surface area contributed by atoms with Crippen molar-refractivity contribution in [3.63, 3.8) is 0 Å². The number of aliphatic hydroxyl groups excluding tert-OH is 1. The summed E-state index contributed by atoms with van der Waals surface area (Å²) >= 11 is 6.14. The number of ether oxygens (including phenoxy) is 2. The molecule has 42 heavy (non-hydrogen) atoms. The maximum Gasteiger partial charge on any atom is 0.224 e. The Kier molecular flexibility index (Phi) is 24.6. The van der Waals surface area contributed by atoms with Crippen molar-refractivity contribution in [3.8, 4) is 0 Å². The van der Waals surface area contributed by atoms with Crippen LogP contribution < -0.4 is 0 Å². The Bertz CT molecular complexity index is 1010. The first-order valence-corrected chi connectivity index (χ1v) is 16.4. The van der Waals surface area contributed by atoms with Crippen LogP contribution in [0.5, 0.6) is 0 Å². The van der Waals surface area contributed by atoms with Crippen LogP contribution in [0.3, 0.4) is 0 Å². The Morgan fingerprint density at radius 3 is 2.36 bits per heavy atom. The maximum atomic E-state index is 13.2. The molecule has 0 aromatic heterocycles. The predicted molar refractivity (Wildman–Crippen MR) is 176 cm³/mol. The second-order valence-electron chi connectivity index (χ2n) is 9.64. The maximum absolute atomic E-state index is 13.2. The van der Waals surface area contributed by atoms with Gasteiger partial charge in [-0.3, -0.25) is 9.69 Å². The predicted octanol–water partition coefficient (Wildman–Crippen LogP) is 4.96. The zero-order valence-electron chi connectivity index (χ0n) is 27.5. The van der Waals surface area contributed by atoms with E-state index in [0.29, 0.717) is 18.3 Å². The first-order valence-electron chi connectivity index (χ1n) is 14.4. The third kappa shape index (κ3) is 17.2. The Morgan fingerprint density at radius 2 is 1.79 bits per heavy atom. The number of nitrogens with zero attached hydrogens (tertiary/aromatic N) is 3. The molecule has 0 saturated carbocycles. The highest BCUT2D eigenvalue weighted by molar-refractivity contribution is 7.89. The zero-order valence-corrected chi connectivity index (χ0v) is 29.0. The van der Waals surface area contributed by atoms with E-state index in [-0.39, 0.29) is 30.7 Å². The molecule has 1 N–H and O–H groups in total. The highest BCUT2D eigenvalue weighted by Gasteiger charge is 2.32. The fourth-order valence-electron chi connectivity index (χ4n) is 4.03. The molecular weight excluding hydrogens is 578 g/mol. The number of sulfonamides is 1. The summed E-state index contributed by atoms with van der Waals surface area (Å²) in [6.45, 7) is 12.5. The number of hydrogen-bond donors (Lipinski definition) is 1. The molecule has 1 aliphatic carbocycles. The molecule has 0 radical (unpaired) electrons. The molecule has 2 rings (SSSR count). The molecule has 1 amide bonds. The Morgan fingerprint density at radius 1 is 1.17 bits per heavy atom. The van der Waals surface area contributed by atoms with Crippen LogP contribution in [0.4, 0.5) is 0 Å². The summed E-state index contributed by atoms with van der Waals surface area (Å²) < 4.78 is 35.7. The molecule has 2 aliphatic rings. The van der Waals surface area contributed by atoms with Gasteiger partial charge in [-0.15, -0.1) is 0 Å². The van der Waals surface area contributed by atoms with E-state index in [2.05, 4.69) is 29.6 Å². The van der Waals surface area contributed by atoms with E-state index >= 15 is 0 Å². The summed E-state index contributed by atoms with van der Waals surface area (Å²) in [6.07, 6.45) is 14.7. The molecule has 1 fully saturated rings. The minimum Gasteiger partial charge on any atom is -0.501 e. The van der Waals surface area contributed by atoms with Gasteiger partial charge in [0.05, 0.1) is 18.6 Å². The van der Waals surface area contributed by atoms with Crippen molar-refractivity contribution in [2.75, 3.05) is 67.4 Å². The number of piperazine rings is 1. The topological polar surface area (TPSA) is 99.6 Å². The van der Waals surface area contributed by atoms with Crippen LogP contribution >= 0.6 is 11.6 Å². The van der Waals surface area contributed by atoms with E-state index in [1.807, 2.05) is 37.0 Å². The molecule has 0 aromatic rings. The van der Waals surface area contributed by atoms with E-state index in [9.17, 15) is 13.2 Å². The molecule has 1 unspecified atom stereocenters. The second kappa shape index (κ2) is 24.5.